The fraction of sp³-hybridized carbons (Fsp3) is 0.385. The van der Waals surface area contributed by atoms with Gasteiger partial charge in [-0.05, 0) is 12.1 Å². The molecule has 23 heavy (non-hydrogen) atoms. The average molecular weight is 342 g/mol. The minimum absolute atomic E-state index is 0.0428. The second-order valence-corrected chi connectivity index (χ2v) is 6.51. The van der Waals surface area contributed by atoms with Crippen molar-refractivity contribution in [2.24, 2.45) is 11.5 Å². The lowest BCUT2D eigenvalue weighted by Crippen LogP contribution is -2.12. The maximum atomic E-state index is 11.4. The first-order chi connectivity index (χ1) is 10.9. The molecule has 0 aliphatic carbocycles. The van der Waals surface area contributed by atoms with E-state index < -0.39 is 15.1 Å². The number of sulfone groups is 1. The summed E-state index contributed by atoms with van der Waals surface area (Å²) in [6.07, 6.45) is 0.987. The van der Waals surface area contributed by atoms with Gasteiger partial charge >= 0.3 is 5.22 Å². The first-order valence-electron chi connectivity index (χ1n) is 6.79. The Morgan fingerprint density at radius 3 is 2.04 bits per heavy atom. The van der Waals surface area contributed by atoms with Gasteiger partial charge in [0.25, 0.3) is 0 Å². The van der Waals surface area contributed by atoms with Crippen LogP contribution in [0.3, 0.4) is 0 Å². The van der Waals surface area contributed by atoms with Crippen molar-refractivity contribution < 1.29 is 22.3 Å². The molecule has 1 aromatic heterocycles. The van der Waals surface area contributed by atoms with E-state index in [-0.39, 0.29) is 5.89 Å². The molecular weight excluding hydrogens is 324 g/mol. The van der Waals surface area contributed by atoms with Gasteiger partial charge in [-0.3, -0.25) is 0 Å². The maximum absolute atomic E-state index is 11.4. The molecule has 0 amide bonds. The van der Waals surface area contributed by atoms with Gasteiger partial charge in [0.05, 0.1) is 0 Å². The fourth-order valence-corrected chi connectivity index (χ4v) is 2.11. The normalized spacial score (nSPS) is 11.4. The van der Waals surface area contributed by atoms with E-state index in [0.29, 0.717) is 43.4 Å². The summed E-state index contributed by atoms with van der Waals surface area (Å²) in [6, 6.07) is 4.93. The molecule has 1 heterocycles. The summed E-state index contributed by atoms with van der Waals surface area (Å²) in [5, 5.41) is 6.81. The molecule has 0 bridgehead atoms. The Kier molecular flexibility index (Phi) is 5.53. The Hall–Kier alpha value is -2.17. The van der Waals surface area contributed by atoms with Crippen LogP contribution in [-0.4, -0.2) is 51.2 Å². The second-order valence-electron chi connectivity index (χ2n) is 4.61. The molecule has 4 N–H and O–H groups in total. The van der Waals surface area contributed by atoms with E-state index >= 15 is 0 Å². The van der Waals surface area contributed by atoms with Crippen LogP contribution < -0.4 is 20.9 Å². The highest BCUT2D eigenvalue weighted by molar-refractivity contribution is 7.90. The third-order valence-corrected chi connectivity index (χ3v) is 3.42. The van der Waals surface area contributed by atoms with E-state index in [4.69, 9.17) is 25.4 Å². The van der Waals surface area contributed by atoms with Crippen molar-refractivity contribution in [1.82, 2.24) is 10.2 Å². The average Bonchev–Trinajstić information content (AvgIpc) is 3.01. The molecule has 0 spiro atoms. The largest absolute Gasteiger partial charge is 0.492 e. The lowest BCUT2D eigenvalue weighted by molar-refractivity contribution is 0.312. The van der Waals surface area contributed by atoms with Crippen LogP contribution in [0.1, 0.15) is 0 Å². The highest BCUT2D eigenvalue weighted by Gasteiger charge is 2.18. The molecule has 0 saturated carbocycles. The van der Waals surface area contributed by atoms with E-state index in [1.165, 1.54) is 0 Å². The Balaban J connectivity index is 2.37. The number of ether oxygens (including phenoxy) is 2. The minimum Gasteiger partial charge on any atom is -0.492 e. The molecule has 0 radical (unpaired) electrons. The van der Waals surface area contributed by atoms with Gasteiger partial charge in [-0.15, -0.1) is 5.10 Å². The summed E-state index contributed by atoms with van der Waals surface area (Å²) in [7, 11) is -3.57. The van der Waals surface area contributed by atoms with Crippen molar-refractivity contribution in [3.63, 3.8) is 0 Å². The molecule has 0 unspecified atom stereocenters. The highest BCUT2D eigenvalue weighted by atomic mass is 32.2. The van der Waals surface area contributed by atoms with Gasteiger partial charge in [0.2, 0.25) is 15.7 Å². The molecule has 2 rings (SSSR count). The molecule has 9 nitrogen and oxygen atoms in total. The molecular formula is C13H18N4O5S. The van der Waals surface area contributed by atoms with Gasteiger partial charge in [0.1, 0.15) is 24.7 Å². The van der Waals surface area contributed by atoms with E-state index in [1.54, 1.807) is 18.2 Å². The van der Waals surface area contributed by atoms with Crippen LogP contribution in [0.5, 0.6) is 11.5 Å². The van der Waals surface area contributed by atoms with Crippen molar-refractivity contribution in [2.45, 2.75) is 5.22 Å². The number of rotatable bonds is 8. The van der Waals surface area contributed by atoms with Crippen LogP contribution in [0, 0.1) is 0 Å². The van der Waals surface area contributed by atoms with Crippen molar-refractivity contribution in [2.75, 3.05) is 32.6 Å². The number of hydrogen-bond acceptors (Lipinski definition) is 9. The van der Waals surface area contributed by atoms with E-state index in [1.807, 2.05) is 0 Å². The van der Waals surface area contributed by atoms with Crippen molar-refractivity contribution >= 4 is 9.84 Å². The zero-order chi connectivity index (χ0) is 16.9. The first-order valence-corrected chi connectivity index (χ1v) is 8.68. The third-order valence-electron chi connectivity index (χ3n) is 2.62. The molecule has 0 aliphatic rings. The van der Waals surface area contributed by atoms with Crippen LogP contribution in [0.2, 0.25) is 0 Å². The smallest absolute Gasteiger partial charge is 0.335 e. The minimum atomic E-state index is -3.57. The van der Waals surface area contributed by atoms with Crippen molar-refractivity contribution in [3.05, 3.63) is 18.2 Å². The van der Waals surface area contributed by atoms with E-state index in [2.05, 4.69) is 10.2 Å². The van der Waals surface area contributed by atoms with Gasteiger partial charge in [0.15, 0.2) is 0 Å². The molecule has 0 aliphatic heterocycles. The van der Waals surface area contributed by atoms with Crippen LogP contribution in [0.4, 0.5) is 0 Å². The summed E-state index contributed by atoms with van der Waals surface area (Å²) < 4.78 is 39.0. The molecule has 2 aromatic rings. The van der Waals surface area contributed by atoms with Gasteiger partial charge in [-0.1, -0.05) is 5.10 Å². The van der Waals surface area contributed by atoms with Gasteiger partial charge < -0.3 is 25.4 Å². The molecule has 0 saturated heterocycles. The Bertz CT molecular complexity index is 733. The van der Waals surface area contributed by atoms with Crippen molar-refractivity contribution in [3.8, 4) is 23.0 Å². The zero-order valence-corrected chi connectivity index (χ0v) is 13.4. The van der Waals surface area contributed by atoms with E-state index in [0.717, 1.165) is 6.26 Å². The molecule has 10 heteroatoms. The van der Waals surface area contributed by atoms with Crippen LogP contribution in [-0.2, 0) is 9.84 Å². The fourth-order valence-electron chi connectivity index (χ4n) is 1.69. The van der Waals surface area contributed by atoms with Crippen LogP contribution in [0.25, 0.3) is 11.5 Å². The number of nitrogens with two attached hydrogens (primary N) is 2. The second kappa shape index (κ2) is 7.40. The Labute approximate surface area is 133 Å². The Morgan fingerprint density at radius 1 is 1.04 bits per heavy atom. The standard InChI is InChI=1S/C13H18N4O5S/c1-23(18,19)13-17-16-12(22-13)9-6-10(20-4-2-14)8-11(7-9)21-5-3-15/h6-8H,2-5,14-15H2,1H3. The zero-order valence-electron chi connectivity index (χ0n) is 12.6. The van der Waals surface area contributed by atoms with Gasteiger partial charge in [-0.25, -0.2) is 8.42 Å². The highest BCUT2D eigenvalue weighted by Crippen LogP contribution is 2.29. The van der Waals surface area contributed by atoms with Crippen LogP contribution in [0.15, 0.2) is 27.8 Å². The number of benzene rings is 1. The quantitative estimate of drug-likeness (QED) is 0.667. The monoisotopic (exact) mass is 342 g/mol. The maximum Gasteiger partial charge on any atom is 0.335 e. The number of hydrogen-bond donors (Lipinski definition) is 2. The summed E-state index contributed by atoms with van der Waals surface area (Å²) in [6.45, 7) is 1.33. The number of nitrogens with zero attached hydrogens (tertiary/aromatic N) is 2. The summed E-state index contributed by atoms with van der Waals surface area (Å²) in [5.74, 6) is 1.01. The summed E-state index contributed by atoms with van der Waals surface area (Å²) in [4.78, 5) is 0. The first kappa shape index (κ1) is 17.2. The summed E-state index contributed by atoms with van der Waals surface area (Å²) in [5.41, 5.74) is 11.3. The molecule has 0 atom stereocenters. The van der Waals surface area contributed by atoms with Crippen LogP contribution >= 0.6 is 0 Å². The summed E-state index contributed by atoms with van der Waals surface area (Å²) >= 11 is 0. The van der Waals surface area contributed by atoms with Gasteiger partial charge in [-0.2, -0.15) is 0 Å². The van der Waals surface area contributed by atoms with E-state index in [9.17, 15) is 8.42 Å². The number of aromatic nitrogens is 2. The lowest BCUT2D eigenvalue weighted by atomic mass is 10.2. The predicted molar refractivity (Wildman–Crippen MR) is 81.9 cm³/mol. The Morgan fingerprint density at radius 2 is 1.61 bits per heavy atom. The molecule has 126 valence electrons. The predicted octanol–water partition coefficient (Wildman–Crippen LogP) is -0.185. The van der Waals surface area contributed by atoms with Crippen molar-refractivity contribution in [1.29, 1.82) is 0 Å². The van der Waals surface area contributed by atoms with Gasteiger partial charge in [0, 0.05) is 31.0 Å². The topological polar surface area (TPSA) is 144 Å². The third kappa shape index (κ3) is 4.65. The SMILES string of the molecule is CS(=O)(=O)c1nnc(-c2cc(OCCN)cc(OCCN)c2)o1. The molecule has 0 fully saturated rings. The lowest BCUT2D eigenvalue weighted by Gasteiger charge is -2.10. The molecule has 1 aromatic carbocycles.